The first-order valence-electron chi connectivity index (χ1n) is 8.93. The third-order valence-electron chi connectivity index (χ3n) is 5.28. The molecular weight excluding hydrogens is 335 g/mol. The Hall–Kier alpha value is -1.33. The van der Waals surface area contributed by atoms with Crippen molar-refractivity contribution in [2.45, 2.75) is 25.3 Å². The molecule has 1 fully saturated rings. The second-order valence-electron chi connectivity index (χ2n) is 6.95. The Morgan fingerprint density at radius 1 is 1.15 bits per heavy atom. The fourth-order valence-corrected chi connectivity index (χ4v) is 3.69. The van der Waals surface area contributed by atoms with E-state index in [2.05, 4.69) is 34.5 Å². The second kappa shape index (κ2) is 9.56. The van der Waals surface area contributed by atoms with Crippen LogP contribution in [0, 0.1) is 5.92 Å². The molecule has 2 unspecified atom stereocenters. The third-order valence-corrected chi connectivity index (χ3v) is 5.28. The van der Waals surface area contributed by atoms with Crippen LogP contribution in [0.4, 0.5) is 5.69 Å². The van der Waals surface area contributed by atoms with Gasteiger partial charge in [-0.15, -0.1) is 0 Å². The summed E-state index contributed by atoms with van der Waals surface area (Å²) in [5.74, 6) is -0.735. The van der Waals surface area contributed by atoms with Gasteiger partial charge in [-0.1, -0.05) is 55.5 Å². The van der Waals surface area contributed by atoms with E-state index >= 15 is 0 Å². The van der Waals surface area contributed by atoms with E-state index in [0.717, 1.165) is 31.7 Å². The van der Waals surface area contributed by atoms with Crippen molar-refractivity contribution in [3.8, 4) is 0 Å². The zero-order valence-electron chi connectivity index (χ0n) is 14.7. The summed E-state index contributed by atoms with van der Waals surface area (Å²) < 4.78 is 0. The number of aliphatic carboxylic acids is 1. The van der Waals surface area contributed by atoms with Crippen LogP contribution in [0.25, 0.3) is 0 Å². The van der Waals surface area contributed by atoms with E-state index in [4.69, 9.17) is 0 Å². The van der Waals surface area contributed by atoms with Crippen LogP contribution < -0.4 is 5.32 Å². The number of carboxylic acid groups (broad SMARTS) is 1. The number of hydrogen-bond donors (Lipinski definition) is 2. The van der Waals surface area contributed by atoms with E-state index in [1.54, 1.807) is 0 Å². The van der Waals surface area contributed by atoms with Gasteiger partial charge < -0.3 is 15.3 Å². The molecule has 0 radical (unpaired) electrons. The topological polar surface area (TPSA) is 52.6 Å². The van der Waals surface area contributed by atoms with Gasteiger partial charge in [0.15, 0.2) is 0 Å². The molecular formula is C21H27N2NaO2. The quantitative estimate of drug-likeness (QED) is 0.776. The molecule has 26 heavy (non-hydrogen) atoms. The summed E-state index contributed by atoms with van der Waals surface area (Å²) >= 11 is 0. The number of hydrogen-bond acceptors (Lipinski definition) is 3. The molecule has 2 aromatic rings. The van der Waals surface area contributed by atoms with E-state index in [1.165, 1.54) is 5.56 Å². The Morgan fingerprint density at radius 2 is 1.77 bits per heavy atom. The van der Waals surface area contributed by atoms with Crippen LogP contribution in [0.1, 0.15) is 18.9 Å². The van der Waals surface area contributed by atoms with Gasteiger partial charge in [0.05, 0.1) is 0 Å². The molecule has 0 bridgehead atoms. The van der Waals surface area contributed by atoms with Crippen LogP contribution in [0.3, 0.4) is 0 Å². The molecule has 134 valence electrons. The van der Waals surface area contributed by atoms with E-state index < -0.39 is 11.5 Å². The predicted octanol–water partition coefficient (Wildman–Crippen LogP) is 2.86. The Bertz CT molecular complexity index is 696. The first-order valence-corrected chi connectivity index (χ1v) is 8.93. The summed E-state index contributed by atoms with van der Waals surface area (Å²) in [6, 6.07) is 20.1. The van der Waals surface area contributed by atoms with E-state index in [9.17, 15) is 9.90 Å². The van der Waals surface area contributed by atoms with Crippen LogP contribution in [-0.4, -0.2) is 70.7 Å². The zero-order chi connectivity index (χ0) is 17.7. The molecule has 0 aliphatic carbocycles. The fraction of sp³-hybridized carbons (Fsp3) is 0.381. The molecule has 3 rings (SSSR count). The Balaban J connectivity index is 0.00000243. The minimum absolute atomic E-state index is 0. The van der Waals surface area contributed by atoms with Gasteiger partial charge in [0.25, 0.3) is 0 Å². The normalized spacial score (nSPS) is 23.0. The number of rotatable bonds is 6. The standard InChI is InChI=1S/C21H26N2O2.Na.H/c1-17-16-23(14-12-18-8-4-2-5-9-18)15-13-21(17,20(24)25)22-19-10-6-3-7-11-19;;/h2-11,17,22H,12-16H2,1H3,(H,24,25);;. The minimum atomic E-state index is -0.898. The Kier molecular flexibility index (Phi) is 7.71. The molecule has 5 heteroatoms. The molecule has 1 saturated heterocycles. The number of carboxylic acids is 1. The van der Waals surface area contributed by atoms with Crippen LogP contribution in [0.5, 0.6) is 0 Å². The number of likely N-dealkylation sites (tertiary alicyclic amines) is 1. The van der Waals surface area contributed by atoms with Crippen molar-refractivity contribution in [1.82, 2.24) is 4.90 Å². The van der Waals surface area contributed by atoms with Crippen molar-refractivity contribution in [3.05, 3.63) is 66.2 Å². The molecule has 0 spiro atoms. The summed E-state index contributed by atoms with van der Waals surface area (Å²) in [4.78, 5) is 14.5. The van der Waals surface area contributed by atoms with Crippen LogP contribution >= 0.6 is 0 Å². The van der Waals surface area contributed by atoms with Gasteiger partial charge in [-0.05, 0) is 30.5 Å². The van der Waals surface area contributed by atoms with Crippen molar-refractivity contribution < 1.29 is 9.90 Å². The molecule has 1 heterocycles. The summed E-state index contributed by atoms with van der Waals surface area (Å²) in [6.45, 7) is 4.59. The van der Waals surface area contributed by atoms with E-state index in [-0.39, 0.29) is 35.5 Å². The average Bonchev–Trinajstić information content (AvgIpc) is 2.63. The summed E-state index contributed by atoms with van der Waals surface area (Å²) in [7, 11) is 0. The summed E-state index contributed by atoms with van der Waals surface area (Å²) in [5.41, 5.74) is 1.30. The third kappa shape index (κ3) is 4.89. The fourth-order valence-electron chi connectivity index (χ4n) is 3.69. The maximum atomic E-state index is 12.1. The van der Waals surface area contributed by atoms with Gasteiger partial charge in [-0.2, -0.15) is 0 Å². The van der Waals surface area contributed by atoms with Crippen molar-refractivity contribution in [1.29, 1.82) is 0 Å². The van der Waals surface area contributed by atoms with Gasteiger partial charge >= 0.3 is 35.5 Å². The first-order chi connectivity index (χ1) is 12.1. The summed E-state index contributed by atoms with van der Waals surface area (Å²) in [5, 5.41) is 13.2. The van der Waals surface area contributed by atoms with Crippen molar-refractivity contribution in [2.75, 3.05) is 25.0 Å². The maximum absolute atomic E-state index is 12.1. The van der Waals surface area contributed by atoms with Crippen LogP contribution in [0.15, 0.2) is 60.7 Å². The van der Waals surface area contributed by atoms with Crippen LogP contribution in [0.2, 0.25) is 0 Å². The van der Waals surface area contributed by atoms with Gasteiger partial charge in [-0.3, -0.25) is 0 Å². The molecule has 0 amide bonds. The van der Waals surface area contributed by atoms with Gasteiger partial charge in [0.1, 0.15) is 5.54 Å². The second-order valence-corrected chi connectivity index (χ2v) is 6.95. The van der Waals surface area contributed by atoms with Crippen molar-refractivity contribution >= 4 is 41.2 Å². The van der Waals surface area contributed by atoms with E-state index in [1.807, 2.05) is 43.3 Å². The number of nitrogens with one attached hydrogen (secondary N) is 1. The predicted molar refractivity (Wildman–Crippen MR) is 108 cm³/mol. The molecule has 0 aromatic heterocycles. The van der Waals surface area contributed by atoms with Crippen molar-refractivity contribution in [3.63, 3.8) is 0 Å². The monoisotopic (exact) mass is 362 g/mol. The van der Waals surface area contributed by atoms with Crippen molar-refractivity contribution in [2.24, 2.45) is 5.92 Å². The summed E-state index contributed by atoms with van der Waals surface area (Å²) in [6.07, 6.45) is 1.60. The molecule has 4 nitrogen and oxygen atoms in total. The number of carbonyl (C=O) groups is 1. The number of para-hydroxylation sites is 1. The molecule has 1 aliphatic rings. The number of nitrogens with zero attached hydrogens (tertiary/aromatic N) is 1. The number of anilines is 1. The molecule has 0 saturated carbocycles. The molecule has 2 atom stereocenters. The number of piperidine rings is 1. The van der Waals surface area contributed by atoms with E-state index in [0.29, 0.717) is 6.42 Å². The molecule has 1 aliphatic heterocycles. The zero-order valence-corrected chi connectivity index (χ0v) is 14.7. The Morgan fingerprint density at radius 3 is 2.35 bits per heavy atom. The van der Waals surface area contributed by atoms with Gasteiger partial charge in [-0.25, -0.2) is 4.79 Å². The Labute approximate surface area is 177 Å². The molecule has 2 N–H and O–H groups in total. The first kappa shape index (κ1) is 21.0. The number of benzene rings is 2. The SMILES string of the molecule is CC1CN(CCc2ccccc2)CCC1(Nc1ccccc1)C(=O)O.[NaH]. The average molecular weight is 362 g/mol. The molecule has 2 aromatic carbocycles. The van der Waals surface area contributed by atoms with Gasteiger partial charge in [0, 0.05) is 31.2 Å². The van der Waals surface area contributed by atoms with Gasteiger partial charge in [0.2, 0.25) is 0 Å². The van der Waals surface area contributed by atoms with Crippen LogP contribution in [-0.2, 0) is 11.2 Å².